The molecule has 27 heavy (non-hydrogen) atoms. The maximum absolute atomic E-state index is 13.5. The van der Waals surface area contributed by atoms with Crippen molar-refractivity contribution in [2.75, 3.05) is 26.2 Å². The number of carbonyl (C=O) groups is 1. The zero-order chi connectivity index (χ0) is 19.6. The molecule has 2 fully saturated rings. The van der Waals surface area contributed by atoms with E-state index in [9.17, 15) is 26.7 Å². The third-order valence-electron chi connectivity index (χ3n) is 5.55. The van der Waals surface area contributed by atoms with Gasteiger partial charge in [-0.25, -0.2) is 8.78 Å². The molecule has 1 aliphatic carbocycles. The molecule has 0 spiro atoms. The number of hydrogen-bond donors (Lipinski definition) is 0. The highest BCUT2D eigenvalue weighted by molar-refractivity contribution is 5.75. The molecular formula is C19H22F5NO2. The molecule has 2 atom stereocenters. The Labute approximate surface area is 154 Å². The first-order valence-corrected chi connectivity index (χ1v) is 9.13. The van der Waals surface area contributed by atoms with Crippen LogP contribution in [-0.2, 0) is 0 Å². The number of ether oxygens (including phenoxy) is 1. The number of rotatable bonds is 7. The van der Waals surface area contributed by atoms with Gasteiger partial charge in [0, 0.05) is 12.1 Å². The number of alkyl halides is 3. The Morgan fingerprint density at radius 2 is 1.78 bits per heavy atom. The lowest BCUT2D eigenvalue weighted by Gasteiger charge is -2.32. The zero-order valence-electron chi connectivity index (χ0n) is 14.8. The van der Waals surface area contributed by atoms with E-state index in [0.29, 0.717) is 37.5 Å². The second kappa shape index (κ2) is 8.12. The van der Waals surface area contributed by atoms with Gasteiger partial charge >= 0.3 is 6.18 Å². The molecule has 1 aromatic rings. The van der Waals surface area contributed by atoms with Crippen LogP contribution in [0.2, 0.25) is 0 Å². The first-order valence-electron chi connectivity index (χ1n) is 9.13. The summed E-state index contributed by atoms with van der Waals surface area (Å²) in [4.78, 5) is 12.0. The molecule has 0 radical (unpaired) electrons. The van der Waals surface area contributed by atoms with Gasteiger partial charge < -0.3 is 4.74 Å². The van der Waals surface area contributed by atoms with E-state index in [0.717, 1.165) is 37.8 Å². The topological polar surface area (TPSA) is 29.5 Å². The highest BCUT2D eigenvalue weighted by Crippen LogP contribution is 2.49. The summed E-state index contributed by atoms with van der Waals surface area (Å²) in [5, 5.41) is 0. The van der Waals surface area contributed by atoms with Gasteiger partial charge in [-0.1, -0.05) is 0 Å². The minimum atomic E-state index is -4.14. The molecule has 1 unspecified atom stereocenters. The maximum atomic E-state index is 13.5. The number of piperidine rings is 1. The third-order valence-corrected chi connectivity index (χ3v) is 5.55. The molecule has 1 aliphatic heterocycles. The summed E-state index contributed by atoms with van der Waals surface area (Å²) in [5.74, 6) is -0.444. The van der Waals surface area contributed by atoms with Gasteiger partial charge in [0.1, 0.15) is 17.4 Å². The van der Waals surface area contributed by atoms with E-state index in [-0.39, 0.29) is 12.0 Å². The van der Waals surface area contributed by atoms with E-state index in [1.54, 1.807) is 0 Å². The van der Waals surface area contributed by atoms with Crippen LogP contribution in [0.5, 0.6) is 5.75 Å². The predicted octanol–water partition coefficient (Wildman–Crippen LogP) is 4.46. The second-order valence-corrected chi connectivity index (χ2v) is 7.44. The number of nitrogens with zero attached hydrogens (tertiary/aromatic N) is 1. The van der Waals surface area contributed by atoms with Crippen LogP contribution in [-0.4, -0.2) is 43.6 Å². The summed E-state index contributed by atoms with van der Waals surface area (Å²) >= 11 is 0. The SMILES string of the molecule is O=Cc1c(F)cc(OCCC2C[C@@H]2C2CCN(CC(F)(F)F)CC2)cc1F. The average Bonchev–Trinajstić information content (AvgIpc) is 3.33. The minimum absolute atomic E-state index is 0.0493. The van der Waals surface area contributed by atoms with E-state index >= 15 is 0 Å². The van der Waals surface area contributed by atoms with Crippen LogP contribution in [0.3, 0.4) is 0 Å². The van der Waals surface area contributed by atoms with E-state index in [2.05, 4.69) is 0 Å². The van der Waals surface area contributed by atoms with Crippen molar-refractivity contribution in [1.82, 2.24) is 4.90 Å². The van der Waals surface area contributed by atoms with Crippen molar-refractivity contribution in [3.63, 3.8) is 0 Å². The summed E-state index contributed by atoms with van der Waals surface area (Å²) < 4.78 is 69.7. The molecule has 1 aromatic carbocycles. The largest absolute Gasteiger partial charge is 0.493 e. The van der Waals surface area contributed by atoms with Crippen LogP contribution in [0.25, 0.3) is 0 Å². The van der Waals surface area contributed by atoms with E-state index in [4.69, 9.17) is 4.74 Å². The molecule has 8 heteroatoms. The van der Waals surface area contributed by atoms with E-state index < -0.39 is 29.9 Å². The van der Waals surface area contributed by atoms with Crippen molar-refractivity contribution in [1.29, 1.82) is 0 Å². The molecule has 1 saturated carbocycles. The highest BCUT2D eigenvalue weighted by atomic mass is 19.4. The molecule has 0 amide bonds. The summed E-state index contributed by atoms with van der Waals surface area (Å²) in [5.41, 5.74) is -0.610. The van der Waals surface area contributed by atoms with Crippen molar-refractivity contribution in [2.45, 2.75) is 31.9 Å². The Bertz CT molecular complexity index is 648. The lowest BCUT2D eigenvalue weighted by atomic mass is 9.90. The van der Waals surface area contributed by atoms with Crippen LogP contribution in [0.1, 0.15) is 36.0 Å². The summed E-state index contributed by atoms with van der Waals surface area (Å²) in [7, 11) is 0. The van der Waals surface area contributed by atoms with Gasteiger partial charge in [0.05, 0.1) is 18.7 Å². The van der Waals surface area contributed by atoms with Crippen LogP contribution >= 0.6 is 0 Å². The smallest absolute Gasteiger partial charge is 0.401 e. The zero-order valence-corrected chi connectivity index (χ0v) is 14.8. The summed E-state index contributed by atoms with van der Waals surface area (Å²) in [6.45, 7) is 0.433. The van der Waals surface area contributed by atoms with E-state index in [1.165, 1.54) is 4.90 Å². The fourth-order valence-electron chi connectivity index (χ4n) is 4.06. The van der Waals surface area contributed by atoms with Gasteiger partial charge in [0.2, 0.25) is 0 Å². The predicted molar refractivity (Wildman–Crippen MR) is 88.7 cm³/mol. The molecule has 0 bridgehead atoms. The molecular weight excluding hydrogens is 369 g/mol. The molecule has 1 heterocycles. The van der Waals surface area contributed by atoms with Crippen LogP contribution in [0.4, 0.5) is 22.0 Å². The van der Waals surface area contributed by atoms with Crippen molar-refractivity contribution >= 4 is 6.29 Å². The van der Waals surface area contributed by atoms with Crippen molar-refractivity contribution in [3.05, 3.63) is 29.3 Å². The minimum Gasteiger partial charge on any atom is -0.493 e. The van der Waals surface area contributed by atoms with Gasteiger partial charge in [-0.05, 0) is 56.5 Å². The molecule has 150 valence electrons. The Morgan fingerprint density at radius 1 is 1.15 bits per heavy atom. The number of carbonyl (C=O) groups excluding carboxylic acids is 1. The Kier molecular flexibility index (Phi) is 6.03. The molecule has 0 N–H and O–H groups in total. The number of likely N-dealkylation sites (tertiary alicyclic amines) is 1. The summed E-state index contributed by atoms with van der Waals surface area (Å²) in [6.07, 6.45) is -0.687. The number of halogens is 5. The lowest BCUT2D eigenvalue weighted by Crippen LogP contribution is -2.40. The first-order chi connectivity index (χ1) is 12.8. The van der Waals surface area contributed by atoms with Gasteiger partial charge in [0.15, 0.2) is 6.29 Å². The molecule has 2 aliphatic rings. The standard InChI is InChI=1S/C19H22F5NO2/c20-17-8-14(9-18(21)16(17)10-26)27-6-3-13-7-15(13)12-1-4-25(5-2-12)11-19(22,23)24/h8-10,12-13,15H,1-7,11H2/t13?,15-/m1/s1. The van der Waals surface area contributed by atoms with Gasteiger partial charge in [-0.2, -0.15) is 13.2 Å². The van der Waals surface area contributed by atoms with Crippen LogP contribution in [0.15, 0.2) is 12.1 Å². The molecule has 3 nitrogen and oxygen atoms in total. The van der Waals surface area contributed by atoms with Gasteiger partial charge in [-0.15, -0.1) is 0 Å². The summed E-state index contributed by atoms with van der Waals surface area (Å²) in [6, 6.07) is 1.99. The maximum Gasteiger partial charge on any atom is 0.401 e. The third kappa shape index (κ3) is 5.40. The Hall–Kier alpha value is -1.70. The average molecular weight is 391 g/mol. The molecule has 1 saturated heterocycles. The number of hydrogen-bond acceptors (Lipinski definition) is 3. The van der Waals surface area contributed by atoms with Crippen LogP contribution in [0, 0.1) is 29.4 Å². The van der Waals surface area contributed by atoms with Crippen molar-refractivity contribution in [3.8, 4) is 5.75 Å². The second-order valence-electron chi connectivity index (χ2n) is 7.44. The van der Waals surface area contributed by atoms with Crippen molar-refractivity contribution in [2.24, 2.45) is 17.8 Å². The normalized spacial score (nSPS) is 24.0. The van der Waals surface area contributed by atoms with E-state index in [1.807, 2.05) is 0 Å². The number of aldehydes is 1. The number of benzene rings is 1. The highest BCUT2D eigenvalue weighted by Gasteiger charge is 2.43. The quantitative estimate of drug-likeness (QED) is 0.508. The Balaban J connectivity index is 1.38. The van der Waals surface area contributed by atoms with Crippen molar-refractivity contribution < 1.29 is 31.5 Å². The van der Waals surface area contributed by atoms with Gasteiger partial charge in [-0.3, -0.25) is 9.69 Å². The lowest BCUT2D eigenvalue weighted by molar-refractivity contribution is -0.148. The van der Waals surface area contributed by atoms with Gasteiger partial charge in [0.25, 0.3) is 0 Å². The fraction of sp³-hybridized carbons (Fsp3) is 0.632. The Morgan fingerprint density at radius 3 is 2.33 bits per heavy atom. The molecule has 3 rings (SSSR count). The van der Waals surface area contributed by atoms with Crippen LogP contribution < -0.4 is 4.74 Å². The molecule has 0 aromatic heterocycles. The fourth-order valence-corrected chi connectivity index (χ4v) is 4.06. The first kappa shape index (κ1) is 20.0. The monoisotopic (exact) mass is 391 g/mol.